The third-order valence-electron chi connectivity index (χ3n) is 4.92. The lowest BCUT2D eigenvalue weighted by molar-refractivity contribution is 0.0722. The van der Waals surface area contributed by atoms with Crippen LogP contribution in [0.2, 0.25) is 0 Å². The van der Waals surface area contributed by atoms with Crippen molar-refractivity contribution in [2.24, 2.45) is 5.92 Å². The molecule has 0 bridgehead atoms. The molecule has 1 unspecified atom stereocenters. The first kappa shape index (κ1) is 16.5. The molecule has 1 aromatic rings. The number of hydrogen-bond donors (Lipinski definition) is 2. The van der Waals surface area contributed by atoms with Gasteiger partial charge in [-0.25, -0.2) is 4.79 Å². The molecule has 0 spiro atoms. The van der Waals surface area contributed by atoms with Gasteiger partial charge in [0.05, 0.1) is 18.3 Å². The summed E-state index contributed by atoms with van der Waals surface area (Å²) in [6.07, 6.45) is 0.211. The predicted molar refractivity (Wildman–Crippen MR) is 85.6 cm³/mol. The first-order chi connectivity index (χ1) is 11.3. The Hall–Kier alpha value is -2.35. The number of amides is 2. The fourth-order valence-corrected chi connectivity index (χ4v) is 3.53. The Labute approximate surface area is 140 Å². The van der Waals surface area contributed by atoms with Gasteiger partial charge in [-0.15, -0.1) is 6.58 Å². The van der Waals surface area contributed by atoms with Gasteiger partial charge in [0.15, 0.2) is 0 Å². The number of aromatic nitrogens is 2. The molecule has 0 saturated carbocycles. The zero-order chi connectivity index (χ0) is 17.6. The van der Waals surface area contributed by atoms with Crippen LogP contribution in [0.5, 0.6) is 0 Å². The highest BCUT2D eigenvalue weighted by Gasteiger charge is 2.37. The minimum atomic E-state index is -0.998. The molecule has 0 fully saturated rings. The Balaban J connectivity index is 2.04. The van der Waals surface area contributed by atoms with Crippen LogP contribution in [0.1, 0.15) is 28.7 Å². The molecule has 130 valence electrons. The second-order valence-electron chi connectivity index (χ2n) is 6.59. The third-order valence-corrected chi connectivity index (χ3v) is 4.92. The third kappa shape index (κ3) is 2.56. The zero-order valence-corrected chi connectivity index (χ0v) is 13.8. The number of rotatable bonds is 2. The Morgan fingerprint density at radius 3 is 2.79 bits per heavy atom. The smallest absolute Gasteiger partial charge is 0.407 e. The average Bonchev–Trinajstić information content (AvgIpc) is 2.82. The van der Waals surface area contributed by atoms with E-state index < -0.39 is 12.2 Å². The van der Waals surface area contributed by atoms with Crippen LogP contribution in [-0.2, 0) is 19.5 Å². The lowest BCUT2D eigenvalue weighted by atomic mass is 9.99. The highest BCUT2D eigenvalue weighted by molar-refractivity contribution is 5.94. The maximum Gasteiger partial charge on any atom is 0.407 e. The van der Waals surface area contributed by atoms with E-state index in [1.807, 2.05) is 6.92 Å². The minimum absolute atomic E-state index is 0.162. The number of nitrogens with zero attached hydrogens (tertiary/aromatic N) is 4. The summed E-state index contributed by atoms with van der Waals surface area (Å²) in [5.41, 5.74) is 1.89. The first-order valence-corrected chi connectivity index (χ1v) is 7.97. The fourth-order valence-electron chi connectivity index (χ4n) is 3.53. The largest absolute Gasteiger partial charge is 0.465 e. The van der Waals surface area contributed by atoms with E-state index in [0.717, 1.165) is 5.69 Å². The lowest BCUT2D eigenvalue weighted by Crippen LogP contribution is -2.42. The maximum atomic E-state index is 12.8. The number of hydrogen-bond acceptors (Lipinski definition) is 4. The number of aliphatic hydroxyl groups is 1. The molecule has 3 heterocycles. The standard InChI is InChI=1S/C16H22N4O4/c1-4-13(21)10-6-18(3)15(22)14-11-8-19(16(23)24)9(2)5-12(11)17-20(14)7-10/h4,9-10,13,21H,1,5-8H2,2-3H3,(H,23,24)/t9-,10+,13?/m1/s1. The van der Waals surface area contributed by atoms with Crippen molar-refractivity contribution < 1.29 is 19.8 Å². The maximum absolute atomic E-state index is 12.8. The Bertz CT molecular complexity index is 698. The monoisotopic (exact) mass is 334 g/mol. The number of carboxylic acid groups (broad SMARTS) is 1. The number of carbonyl (C=O) groups is 2. The summed E-state index contributed by atoms with van der Waals surface area (Å²) in [5.74, 6) is -0.394. The quantitative estimate of drug-likeness (QED) is 0.770. The summed E-state index contributed by atoms with van der Waals surface area (Å²) in [6.45, 7) is 6.40. The first-order valence-electron chi connectivity index (χ1n) is 7.97. The fraction of sp³-hybridized carbons (Fsp3) is 0.562. The minimum Gasteiger partial charge on any atom is -0.465 e. The van der Waals surface area contributed by atoms with Crippen LogP contribution >= 0.6 is 0 Å². The van der Waals surface area contributed by atoms with Gasteiger partial charge < -0.3 is 20.0 Å². The van der Waals surface area contributed by atoms with Gasteiger partial charge in [-0.3, -0.25) is 9.48 Å². The Morgan fingerprint density at radius 2 is 2.17 bits per heavy atom. The van der Waals surface area contributed by atoms with Crippen molar-refractivity contribution in [3.05, 3.63) is 29.6 Å². The molecule has 2 N–H and O–H groups in total. The highest BCUT2D eigenvalue weighted by Crippen LogP contribution is 2.29. The number of aliphatic hydroxyl groups excluding tert-OH is 1. The van der Waals surface area contributed by atoms with Crippen molar-refractivity contribution in [2.45, 2.75) is 38.6 Å². The molecule has 2 aliphatic heterocycles. The van der Waals surface area contributed by atoms with Crippen LogP contribution in [0.3, 0.4) is 0 Å². The van der Waals surface area contributed by atoms with Gasteiger partial charge >= 0.3 is 6.09 Å². The Kier molecular flexibility index (Phi) is 4.08. The van der Waals surface area contributed by atoms with Gasteiger partial charge in [0.25, 0.3) is 5.91 Å². The summed E-state index contributed by atoms with van der Waals surface area (Å²) in [7, 11) is 1.68. The molecule has 2 aliphatic rings. The number of fused-ring (bicyclic) bond motifs is 3. The second kappa shape index (κ2) is 5.94. The van der Waals surface area contributed by atoms with Crippen molar-refractivity contribution >= 4 is 12.0 Å². The molecular formula is C16H22N4O4. The summed E-state index contributed by atoms with van der Waals surface area (Å²) in [5, 5.41) is 24.0. The molecule has 1 aromatic heterocycles. The van der Waals surface area contributed by atoms with E-state index >= 15 is 0 Å². The summed E-state index contributed by atoms with van der Waals surface area (Å²) in [6, 6.07) is -0.184. The van der Waals surface area contributed by atoms with Crippen LogP contribution in [0.25, 0.3) is 0 Å². The van der Waals surface area contributed by atoms with Gasteiger partial charge in [-0.1, -0.05) is 6.08 Å². The van der Waals surface area contributed by atoms with E-state index in [4.69, 9.17) is 0 Å². The van der Waals surface area contributed by atoms with Gasteiger partial charge in [-0.05, 0) is 6.92 Å². The second-order valence-corrected chi connectivity index (χ2v) is 6.59. The van der Waals surface area contributed by atoms with Crippen LogP contribution in [-0.4, -0.2) is 67.5 Å². The summed E-state index contributed by atoms with van der Waals surface area (Å²) >= 11 is 0. The molecule has 2 amide bonds. The molecule has 0 aromatic carbocycles. The molecule has 24 heavy (non-hydrogen) atoms. The van der Waals surface area contributed by atoms with E-state index in [0.29, 0.717) is 30.8 Å². The van der Waals surface area contributed by atoms with Crippen molar-refractivity contribution in [3.63, 3.8) is 0 Å². The van der Waals surface area contributed by atoms with Crippen molar-refractivity contribution in [3.8, 4) is 0 Å². The SMILES string of the molecule is C=CC(O)[C@H]1CN(C)C(=O)c2c3c(nn2C1)C[C@@H](C)N(C(=O)O)C3. The molecular weight excluding hydrogens is 312 g/mol. The molecule has 0 aliphatic carbocycles. The molecule has 8 heteroatoms. The van der Waals surface area contributed by atoms with Gasteiger partial charge in [-0.2, -0.15) is 5.10 Å². The molecule has 3 atom stereocenters. The molecule has 8 nitrogen and oxygen atoms in total. The van der Waals surface area contributed by atoms with Crippen LogP contribution < -0.4 is 0 Å². The van der Waals surface area contributed by atoms with Crippen molar-refractivity contribution in [2.75, 3.05) is 13.6 Å². The van der Waals surface area contributed by atoms with Crippen LogP contribution in [0.15, 0.2) is 12.7 Å². The van der Waals surface area contributed by atoms with E-state index in [1.54, 1.807) is 16.6 Å². The average molecular weight is 334 g/mol. The van der Waals surface area contributed by atoms with Gasteiger partial charge in [0.1, 0.15) is 5.69 Å². The number of carbonyl (C=O) groups excluding carboxylic acids is 1. The van der Waals surface area contributed by atoms with Crippen LogP contribution in [0, 0.1) is 5.92 Å². The molecule has 0 saturated heterocycles. The highest BCUT2D eigenvalue weighted by atomic mass is 16.4. The summed E-state index contributed by atoms with van der Waals surface area (Å²) in [4.78, 5) is 27.1. The van der Waals surface area contributed by atoms with E-state index in [2.05, 4.69) is 11.7 Å². The summed E-state index contributed by atoms with van der Waals surface area (Å²) < 4.78 is 1.63. The molecule has 0 radical (unpaired) electrons. The zero-order valence-electron chi connectivity index (χ0n) is 13.8. The van der Waals surface area contributed by atoms with Crippen molar-refractivity contribution in [1.29, 1.82) is 0 Å². The van der Waals surface area contributed by atoms with E-state index in [1.165, 1.54) is 11.0 Å². The predicted octanol–water partition coefficient (Wildman–Crippen LogP) is 0.556. The lowest BCUT2D eigenvalue weighted by Gasteiger charge is -2.30. The van der Waals surface area contributed by atoms with Gasteiger partial charge in [0.2, 0.25) is 0 Å². The topological polar surface area (TPSA) is 98.9 Å². The van der Waals surface area contributed by atoms with E-state index in [-0.39, 0.29) is 24.4 Å². The van der Waals surface area contributed by atoms with Gasteiger partial charge in [0, 0.05) is 44.1 Å². The molecule has 3 rings (SSSR count). The van der Waals surface area contributed by atoms with E-state index in [9.17, 15) is 19.8 Å². The normalized spacial score (nSPS) is 24.9. The van der Waals surface area contributed by atoms with Crippen molar-refractivity contribution in [1.82, 2.24) is 19.6 Å². The van der Waals surface area contributed by atoms with Crippen LogP contribution in [0.4, 0.5) is 4.79 Å². The Morgan fingerprint density at radius 1 is 1.46 bits per heavy atom.